The van der Waals surface area contributed by atoms with Crippen molar-refractivity contribution in [1.82, 2.24) is 5.32 Å². The van der Waals surface area contributed by atoms with Crippen LogP contribution in [0.1, 0.15) is 60.3 Å². The predicted octanol–water partition coefficient (Wildman–Crippen LogP) is 5.27. The van der Waals surface area contributed by atoms with E-state index < -0.39 is 17.7 Å². The van der Waals surface area contributed by atoms with E-state index in [1.54, 1.807) is 0 Å². The second kappa shape index (κ2) is 7.74. The molecule has 0 spiro atoms. The third-order valence-electron chi connectivity index (χ3n) is 6.04. The van der Waals surface area contributed by atoms with Crippen LogP contribution in [0.15, 0.2) is 59.8 Å². The van der Waals surface area contributed by atoms with Gasteiger partial charge in [0, 0.05) is 30.0 Å². The zero-order chi connectivity index (χ0) is 21.5. The fourth-order valence-electron chi connectivity index (χ4n) is 4.41. The molecule has 1 heterocycles. The Morgan fingerprint density at radius 3 is 2.13 bits per heavy atom. The SMILES string of the molecule is CCc1ccc(C2CC(=O)C3=C(C2)NC(=O)CC3c2ccc(C(F)(F)F)cc2)cc1. The van der Waals surface area contributed by atoms with Crippen molar-refractivity contribution in [3.8, 4) is 0 Å². The summed E-state index contributed by atoms with van der Waals surface area (Å²) < 4.78 is 38.6. The van der Waals surface area contributed by atoms with E-state index in [-0.39, 0.29) is 24.0 Å². The molecule has 1 aliphatic heterocycles. The number of aryl methyl sites for hydroxylation is 1. The van der Waals surface area contributed by atoms with Gasteiger partial charge in [0.2, 0.25) is 5.91 Å². The minimum absolute atomic E-state index is 0.0196. The summed E-state index contributed by atoms with van der Waals surface area (Å²) in [5, 5.41) is 2.85. The molecule has 1 amide bonds. The van der Waals surface area contributed by atoms with Crippen molar-refractivity contribution in [3.63, 3.8) is 0 Å². The van der Waals surface area contributed by atoms with Crippen molar-refractivity contribution in [1.29, 1.82) is 0 Å². The average molecular weight is 413 g/mol. The number of rotatable bonds is 3. The second-order valence-electron chi connectivity index (χ2n) is 7.94. The molecule has 2 atom stereocenters. The molecule has 0 saturated heterocycles. The van der Waals surface area contributed by atoms with Crippen LogP contribution in [-0.2, 0) is 22.2 Å². The molecule has 0 aromatic heterocycles. The lowest BCUT2D eigenvalue weighted by Gasteiger charge is -2.34. The Balaban J connectivity index is 1.65. The van der Waals surface area contributed by atoms with E-state index in [0.29, 0.717) is 29.7 Å². The summed E-state index contributed by atoms with van der Waals surface area (Å²) in [7, 11) is 0. The largest absolute Gasteiger partial charge is 0.416 e. The van der Waals surface area contributed by atoms with Gasteiger partial charge in [0.25, 0.3) is 0 Å². The Hall–Kier alpha value is -2.89. The van der Waals surface area contributed by atoms with E-state index in [0.717, 1.165) is 24.1 Å². The van der Waals surface area contributed by atoms with E-state index in [1.165, 1.54) is 17.7 Å². The van der Waals surface area contributed by atoms with Gasteiger partial charge in [0.1, 0.15) is 0 Å². The third-order valence-corrected chi connectivity index (χ3v) is 6.04. The number of benzene rings is 2. The van der Waals surface area contributed by atoms with Crippen molar-refractivity contribution in [2.45, 2.75) is 50.6 Å². The molecule has 0 fully saturated rings. The molecule has 2 aromatic rings. The van der Waals surface area contributed by atoms with E-state index in [9.17, 15) is 22.8 Å². The molecule has 4 rings (SSSR count). The Kier molecular flexibility index (Phi) is 5.26. The summed E-state index contributed by atoms with van der Waals surface area (Å²) >= 11 is 0. The summed E-state index contributed by atoms with van der Waals surface area (Å²) in [5.41, 5.74) is 3.23. The quantitative estimate of drug-likeness (QED) is 0.745. The molecule has 0 saturated carbocycles. The fourth-order valence-corrected chi connectivity index (χ4v) is 4.41. The normalized spacial score (nSPS) is 22.0. The van der Waals surface area contributed by atoms with Gasteiger partial charge in [-0.1, -0.05) is 43.3 Å². The number of carbonyl (C=O) groups excluding carboxylic acids is 2. The predicted molar refractivity (Wildman–Crippen MR) is 107 cm³/mol. The minimum Gasteiger partial charge on any atom is -0.329 e. The highest BCUT2D eigenvalue weighted by Crippen LogP contribution is 2.43. The smallest absolute Gasteiger partial charge is 0.329 e. The van der Waals surface area contributed by atoms with Crippen LogP contribution in [0.4, 0.5) is 13.2 Å². The average Bonchev–Trinajstić information content (AvgIpc) is 2.72. The molecular weight excluding hydrogens is 391 g/mol. The van der Waals surface area contributed by atoms with Crippen LogP contribution in [0.2, 0.25) is 0 Å². The monoisotopic (exact) mass is 413 g/mol. The summed E-state index contributed by atoms with van der Waals surface area (Å²) in [6, 6.07) is 12.9. The lowest BCUT2D eigenvalue weighted by molar-refractivity contribution is -0.137. The Labute approximate surface area is 173 Å². The maximum absolute atomic E-state index is 13.1. The number of halogens is 3. The highest BCUT2D eigenvalue weighted by molar-refractivity contribution is 6.02. The Morgan fingerprint density at radius 2 is 1.53 bits per heavy atom. The first kappa shape index (κ1) is 20.4. The van der Waals surface area contributed by atoms with Gasteiger partial charge in [-0.3, -0.25) is 9.59 Å². The number of hydrogen-bond donors (Lipinski definition) is 1. The minimum atomic E-state index is -4.42. The van der Waals surface area contributed by atoms with E-state index in [2.05, 4.69) is 12.2 Å². The van der Waals surface area contributed by atoms with Crippen LogP contribution in [0, 0.1) is 0 Å². The van der Waals surface area contributed by atoms with Crippen LogP contribution in [0.25, 0.3) is 0 Å². The molecule has 156 valence electrons. The van der Waals surface area contributed by atoms with Gasteiger partial charge in [-0.15, -0.1) is 0 Å². The number of nitrogens with one attached hydrogen (secondary N) is 1. The standard InChI is InChI=1S/C24H22F3NO2/c1-2-14-3-5-15(6-4-14)17-11-20-23(21(29)12-17)19(13-22(30)28-20)16-7-9-18(10-8-16)24(25,26)27/h3-10,17,19H,2,11-13H2,1H3,(H,28,30). The van der Waals surface area contributed by atoms with Crippen molar-refractivity contribution in [2.75, 3.05) is 0 Å². The van der Waals surface area contributed by atoms with Gasteiger partial charge < -0.3 is 5.32 Å². The lowest BCUT2D eigenvalue weighted by Crippen LogP contribution is -2.38. The molecule has 0 radical (unpaired) electrons. The van der Waals surface area contributed by atoms with Crippen LogP contribution in [-0.4, -0.2) is 11.7 Å². The van der Waals surface area contributed by atoms with Crippen LogP contribution < -0.4 is 5.32 Å². The number of alkyl halides is 3. The highest BCUT2D eigenvalue weighted by atomic mass is 19.4. The molecule has 6 heteroatoms. The number of carbonyl (C=O) groups is 2. The van der Waals surface area contributed by atoms with Crippen molar-refractivity contribution < 1.29 is 22.8 Å². The van der Waals surface area contributed by atoms with E-state index in [1.807, 2.05) is 24.3 Å². The second-order valence-corrected chi connectivity index (χ2v) is 7.94. The fraction of sp³-hybridized carbons (Fsp3) is 0.333. The van der Waals surface area contributed by atoms with Crippen molar-refractivity contribution in [3.05, 3.63) is 82.1 Å². The zero-order valence-electron chi connectivity index (χ0n) is 16.6. The molecule has 2 aliphatic rings. The highest BCUT2D eigenvalue weighted by Gasteiger charge is 2.38. The first-order chi connectivity index (χ1) is 14.3. The molecule has 0 bridgehead atoms. The summed E-state index contributed by atoms with van der Waals surface area (Å²) in [5.74, 6) is -0.792. The van der Waals surface area contributed by atoms with Gasteiger partial charge in [0.05, 0.1) is 5.56 Å². The van der Waals surface area contributed by atoms with E-state index in [4.69, 9.17) is 0 Å². The Morgan fingerprint density at radius 1 is 0.900 bits per heavy atom. The molecule has 2 aromatic carbocycles. The Bertz CT molecular complexity index is 1000. The molecule has 1 N–H and O–H groups in total. The molecule has 1 aliphatic carbocycles. The van der Waals surface area contributed by atoms with Gasteiger partial charge in [0.15, 0.2) is 5.78 Å². The lowest BCUT2D eigenvalue weighted by atomic mass is 9.73. The summed E-state index contributed by atoms with van der Waals surface area (Å²) in [6.45, 7) is 2.08. The van der Waals surface area contributed by atoms with Gasteiger partial charge >= 0.3 is 6.18 Å². The summed E-state index contributed by atoms with van der Waals surface area (Å²) in [6.07, 6.45) is -2.56. The number of allylic oxidation sites excluding steroid dienone is 2. The zero-order valence-corrected chi connectivity index (χ0v) is 16.6. The van der Waals surface area contributed by atoms with Gasteiger partial charge in [-0.2, -0.15) is 13.2 Å². The van der Waals surface area contributed by atoms with E-state index >= 15 is 0 Å². The van der Waals surface area contributed by atoms with Crippen molar-refractivity contribution in [2.24, 2.45) is 0 Å². The number of ketones is 1. The topological polar surface area (TPSA) is 46.2 Å². The summed E-state index contributed by atoms with van der Waals surface area (Å²) in [4.78, 5) is 25.4. The number of amides is 1. The molecule has 2 unspecified atom stereocenters. The van der Waals surface area contributed by atoms with Gasteiger partial charge in [-0.05, 0) is 47.6 Å². The number of hydrogen-bond acceptors (Lipinski definition) is 2. The molecular formula is C24H22F3NO2. The molecule has 30 heavy (non-hydrogen) atoms. The maximum atomic E-state index is 13.1. The first-order valence-corrected chi connectivity index (χ1v) is 10.1. The first-order valence-electron chi connectivity index (χ1n) is 10.1. The van der Waals surface area contributed by atoms with Crippen molar-refractivity contribution >= 4 is 11.7 Å². The van der Waals surface area contributed by atoms with Gasteiger partial charge in [-0.25, -0.2) is 0 Å². The van der Waals surface area contributed by atoms with Crippen LogP contribution >= 0.6 is 0 Å². The maximum Gasteiger partial charge on any atom is 0.416 e. The third kappa shape index (κ3) is 3.91. The van der Waals surface area contributed by atoms with Crippen LogP contribution in [0.5, 0.6) is 0 Å². The molecule has 3 nitrogen and oxygen atoms in total. The van der Waals surface area contributed by atoms with Crippen LogP contribution in [0.3, 0.4) is 0 Å². The number of Topliss-reactive ketones (excluding diaryl/α,β-unsaturated/α-hetero) is 1.